The molecular weight excluding hydrogens is 448 g/mol. The SMILES string of the molecule is NC1CN(c2nc3c(cc2F)c(=O)c(C(=O)O)cn3[C@@H]2C[C@@H]2F)C/C1=N\OCc1ccccc1. The number of hydrogen-bond donors (Lipinski definition) is 2. The lowest BCUT2D eigenvalue weighted by atomic mass is 10.2. The number of pyridine rings is 2. The van der Waals surface area contributed by atoms with Crippen molar-refractivity contribution in [3.05, 3.63) is 69.8 Å². The first-order valence-electron chi connectivity index (χ1n) is 10.7. The van der Waals surface area contributed by atoms with Crippen LogP contribution in [0, 0.1) is 5.82 Å². The minimum absolute atomic E-state index is 0.0239. The van der Waals surface area contributed by atoms with Gasteiger partial charge in [0.1, 0.15) is 24.0 Å². The highest BCUT2D eigenvalue weighted by Crippen LogP contribution is 2.40. The van der Waals surface area contributed by atoms with Crippen LogP contribution >= 0.6 is 0 Å². The van der Waals surface area contributed by atoms with E-state index in [-0.39, 0.29) is 43.0 Å². The third-order valence-corrected chi connectivity index (χ3v) is 5.96. The molecule has 0 amide bonds. The molecule has 0 radical (unpaired) electrons. The van der Waals surface area contributed by atoms with Gasteiger partial charge in [-0.3, -0.25) is 4.79 Å². The molecule has 9 nitrogen and oxygen atoms in total. The molecule has 1 aliphatic heterocycles. The fraction of sp³-hybridized carbons (Fsp3) is 0.304. The Morgan fingerprint density at radius 2 is 2.06 bits per heavy atom. The molecule has 2 aromatic heterocycles. The van der Waals surface area contributed by atoms with Crippen molar-refractivity contribution in [2.75, 3.05) is 18.0 Å². The highest BCUT2D eigenvalue weighted by molar-refractivity contribution is 5.97. The fourth-order valence-corrected chi connectivity index (χ4v) is 4.05. The number of alkyl halides is 1. The van der Waals surface area contributed by atoms with Gasteiger partial charge in [0.05, 0.1) is 29.7 Å². The molecule has 3 aromatic rings. The van der Waals surface area contributed by atoms with Crippen LogP contribution in [0.4, 0.5) is 14.6 Å². The number of hydrogen-bond acceptors (Lipinski definition) is 7. The van der Waals surface area contributed by atoms with Crippen molar-refractivity contribution in [1.29, 1.82) is 0 Å². The molecule has 34 heavy (non-hydrogen) atoms. The Hall–Kier alpha value is -3.86. The number of fused-ring (bicyclic) bond motifs is 1. The lowest BCUT2D eigenvalue weighted by molar-refractivity contribution is 0.0694. The zero-order chi connectivity index (χ0) is 24.0. The number of nitrogens with two attached hydrogens (primary N) is 1. The maximum absolute atomic E-state index is 15.1. The van der Waals surface area contributed by atoms with Gasteiger partial charge in [-0.1, -0.05) is 35.5 Å². The van der Waals surface area contributed by atoms with E-state index in [1.165, 1.54) is 4.57 Å². The Morgan fingerprint density at radius 3 is 2.74 bits per heavy atom. The number of nitrogens with zero attached hydrogens (tertiary/aromatic N) is 4. The number of oxime groups is 1. The van der Waals surface area contributed by atoms with E-state index in [2.05, 4.69) is 10.1 Å². The van der Waals surface area contributed by atoms with E-state index >= 15 is 4.39 Å². The largest absolute Gasteiger partial charge is 0.477 e. The van der Waals surface area contributed by atoms with Gasteiger partial charge in [0.2, 0.25) is 5.43 Å². The molecule has 5 rings (SSSR count). The Bertz CT molecular complexity index is 1360. The molecule has 3 atom stereocenters. The number of aromatic carboxylic acids is 1. The number of anilines is 1. The number of carboxylic acid groups (broad SMARTS) is 1. The summed E-state index contributed by atoms with van der Waals surface area (Å²) in [5, 5.41) is 13.2. The summed E-state index contributed by atoms with van der Waals surface area (Å²) >= 11 is 0. The van der Waals surface area contributed by atoms with E-state index in [1.807, 2.05) is 30.3 Å². The van der Waals surface area contributed by atoms with Crippen LogP contribution in [0.25, 0.3) is 11.0 Å². The molecule has 2 aliphatic rings. The second-order valence-electron chi connectivity index (χ2n) is 8.40. The van der Waals surface area contributed by atoms with Crippen molar-refractivity contribution < 1.29 is 23.5 Å². The van der Waals surface area contributed by atoms with Crippen molar-refractivity contribution >= 4 is 28.5 Å². The predicted molar refractivity (Wildman–Crippen MR) is 120 cm³/mol. The average Bonchev–Trinajstić information content (AvgIpc) is 3.42. The number of carbonyl (C=O) groups is 1. The molecule has 176 valence electrons. The Kier molecular flexibility index (Phi) is 5.48. The van der Waals surface area contributed by atoms with E-state index in [9.17, 15) is 19.1 Å². The van der Waals surface area contributed by atoms with Gasteiger partial charge in [0.25, 0.3) is 0 Å². The number of halogens is 2. The van der Waals surface area contributed by atoms with E-state index in [0.29, 0.717) is 5.71 Å². The van der Waals surface area contributed by atoms with Crippen molar-refractivity contribution in [3.63, 3.8) is 0 Å². The van der Waals surface area contributed by atoms with Crippen molar-refractivity contribution in [2.24, 2.45) is 10.9 Å². The van der Waals surface area contributed by atoms with E-state index < -0.39 is 41.0 Å². The Balaban J connectivity index is 1.46. The maximum atomic E-state index is 15.1. The standard InChI is InChI=1S/C23H21F2N5O4/c24-15-7-19(15)30-8-14(23(32)33)20(31)13-6-16(25)22(27-21(13)30)29-9-17(26)18(10-29)28-34-11-12-4-2-1-3-5-12/h1-6,8,15,17,19H,7,9-11,26H2,(H,32,33)/b28-18+/t15-,17?,19+/m0/s1. The Morgan fingerprint density at radius 1 is 1.32 bits per heavy atom. The van der Waals surface area contributed by atoms with Gasteiger partial charge in [-0.25, -0.2) is 18.6 Å². The number of aromatic nitrogens is 2. The summed E-state index contributed by atoms with van der Waals surface area (Å²) in [7, 11) is 0. The normalized spacial score (nSPS) is 23.0. The molecule has 1 unspecified atom stereocenters. The smallest absolute Gasteiger partial charge is 0.341 e. The topological polar surface area (TPSA) is 123 Å². The van der Waals surface area contributed by atoms with E-state index in [0.717, 1.165) is 17.8 Å². The second kappa shape index (κ2) is 8.49. The summed E-state index contributed by atoms with van der Waals surface area (Å²) in [4.78, 5) is 35.4. The minimum atomic E-state index is -1.47. The molecule has 1 aromatic carbocycles. The molecule has 1 saturated carbocycles. The van der Waals surface area contributed by atoms with Crippen LogP contribution in [0.1, 0.15) is 28.4 Å². The molecule has 3 heterocycles. The molecule has 11 heteroatoms. The monoisotopic (exact) mass is 469 g/mol. The molecule has 2 fully saturated rings. The summed E-state index contributed by atoms with van der Waals surface area (Å²) < 4.78 is 30.2. The summed E-state index contributed by atoms with van der Waals surface area (Å²) in [5.41, 5.74) is 6.18. The molecule has 0 spiro atoms. The quantitative estimate of drug-likeness (QED) is 0.531. The first-order valence-corrected chi connectivity index (χ1v) is 10.7. The second-order valence-corrected chi connectivity index (χ2v) is 8.40. The number of benzene rings is 1. The van der Waals surface area contributed by atoms with Gasteiger partial charge in [0, 0.05) is 19.2 Å². The van der Waals surface area contributed by atoms with Crippen LogP contribution in [0.15, 0.2) is 52.5 Å². The summed E-state index contributed by atoms with van der Waals surface area (Å²) in [5.74, 6) is -2.36. The van der Waals surface area contributed by atoms with Gasteiger partial charge in [-0.2, -0.15) is 0 Å². The zero-order valence-electron chi connectivity index (χ0n) is 17.9. The third-order valence-electron chi connectivity index (χ3n) is 5.96. The van der Waals surface area contributed by atoms with Crippen LogP contribution < -0.4 is 16.1 Å². The van der Waals surface area contributed by atoms with Crippen molar-refractivity contribution in [1.82, 2.24) is 9.55 Å². The van der Waals surface area contributed by atoms with Crippen molar-refractivity contribution in [2.45, 2.75) is 31.3 Å². The lowest BCUT2D eigenvalue weighted by Gasteiger charge is -2.19. The third kappa shape index (κ3) is 3.98. The molecule has 1 saturated heterocycles. The van der Waals surface area contributed by atoms with Crippen molar-refractivity contribution in [3.8, 4) is 0 Å². The maximum Gasteiger partial charge on any atom is 0.341 e. The molecular formula is C23H21F2N5O4. The van der Waals surface area contributed by atoms with E-state index in [1.54, 1.807) is 4.90 Å². The zero-order valence-corrected chi connectivity index (χ0v) is 17.9. The van der Waals surface area contributed by atoms with Crippen LogP contribution in [-0.4, -0.2) is 51.6 Å². The van der Waals surface area contributed by atoms with Crippen LogP contribution in [0.3, 0.4) is 0 Å². The summed E-state index contributed by atoms with van der Waals surface area (Å²) in [6.07, 6.45) is 0.0463. The first kappa shape index (κ1) is 22.0. The number of rotatable bonds is 6. The average molecular weight is 469 g/mol. The van der Waals surface area contributed by atoms with Gasteiger partial charge in [0.15, 0.2) is 11.6 Å². The molecule has 1 aliphatic carbocycles. The van der Waals surface area contributed by atoms with Gasteiger partial charge < -0.3 is 25.1 Å². The molecule has 0 bridgehead atoms. The van der Waals surface area contributed by atoms with E-state index in [4.69, 9.17) is 10.6 Å². The minimum Gasteiger partial charge on any atom is -0.477 e. The highest BCUT2D eigenvalue weighted by atomic mass is 19.1. The molecule has 3 N–H and O–H groups in total. The van der Waals surface area contributed by atoms with Gasteiger partial charge in [-0.05, 0) is 11.6 Å². The predicted octanol–water partition coefficient (Wildman–Crippen LogP) is 2.24. The van der Waals surface area contributed by atoms with Gasteiger partial charge >= 0.3 is 5.97 Å². The number of carboxylic acids is 1. The summed E-state index contributed by atoms with van der Waals surface area (Å²) in [6, 6.07) is 9.22. The van der Waals surface area contributed by atoms with Crippen LogP contribution in [0.2, 0.25) is 0 Å². The Labute approximate surface area is 192 Å². The van der Waals surface area contributed by atoms with Gasteiger partial charge in [-0.15, -0.1) is 0 Å². The summed E-state index contributed by atoms with van der Waals surface area (Å²) in [6.45, 7) is 0.608. The lowest BCUT2D eigenvalue weighted by Crippen LogP contribution is -2.30. The highest BCUT2D eigenvalue weighted by Gasteiger charge is 2.41. The van der Waals surface area contributed by atoms with Crippen LogP contribution in [0.5, 0.6) is 0 Å². The fourth-order valence-electron chi connectivity index (χ4n) is 4.05. The first-order chi connectivity index (χ1) is 16.3. The van der Waals surface area contributed by atoms with Crippen LogP contribution in [-0.2, 0) is 11.4 Å².